The number of carbonyl (C=O) groups is 1. The van der Waals surface area contributed by atoms with Gasteiger partial charge in [-0.15, -0.1) is 0 Å². The van der Waals surface area contributed by atoms with E-state index in [1.165, 1.54) is 37.3 Å². The van der Waals surface area contributed by atoms with E-state index in [-0.39, 0.29) is 27.5 Å². The normalized spacial score (nSPS) is 10.2. The minimum absolute atomic E-state index is 0.0467. The van der Waals surface area contributed by atoms with Crippen molar-refractivity contribution < 1.29 is 14.1 Å². The van der Waals surface area contributed by atoms with E-state index in [9.17, 15) is 19.3 Å². The lowest BCUT2D eigenvalue weighted by Crippen LogP contribution is -2.14. The van der Waals surface area contributed by atoms with E-state index in [0.717, 1.165) is 6.07 Å². The minimum Gasteiger partial charge on any atom is -0.322 e. The van der Waals surface area contributed by atoms with Crippen molar-refractivity contribution in [3.63, 3.8) is 0 Å². The molecule has 21 heavy (non-hydrogen) atoms. The van der Waals surface area contributed by atoms with Crippen LogP contribution in [-0.4, -0.2) is 10.8 Å². The van der Waals surface area contributed by atoms with Crippen LogP contribution in [-0.2, 0) is 0 Å². The summed E-state index contributed by atoms with van der Waals surface area (Å²) in [6, 6.07) is 7.80. The zero-order valence-corrected chi connectivity index (χ0v) is 11.6. The standard InChI is InChI=1S/C14H10ClFN2O3/c1-8-12(16)3-2-4-13(8)17-14(19)10-7-9(18(20)21)5-6-11(10)15/h2-7H,1H3,(H,17,19). The highest BCUT2D eigenvalue weighted by atomic mass is 35.5. The van der Waals surface area contributed by atoms with Crippen LogP contribution in [0, 0.1) is 22.9 Å². The molecule has 0 fully saturated rings. The summed E-state index contributed by atoms with van der Waals surface area (Å²) in [7, 11) is 0. The maximum atomic E-state index is 13.4. The number of nitro groups is 1. The summed E-state index contributed by atoms with van der Waals surface area (Å²) in [6.07, 6.45) is 0. The third-order valence-corrected chi connectivity index (χ3v) is 3.25. The molecule has 0 saturated heterocycles. The molecule has 0 unspecified atom stereocenters. The second-order valence-electron chi connectivity index (χ2n) is 4.29. The van der Waals surface area contributed by atoms with Crippen LogP contribution in [0.15, 0.2) is 36.4 Å². The van der Waals surface area contributed by atoms with E-state index < -0.39 is 16.6 Å². The molecule has 108 valence electrons. The van der Waals surface area contributed by atoms with E-state index in [0.29, 0.717) is 0 Å². The molecule has 0 aliphatic rings. The SMILES string of the molecule is Cc1c(F)cccc1NC(=O)c1cc([N+](=O)[O-])ccc1Cl. The lowest BCUT2D eigenvalue weighted by atomic mass is 10.1. The summed E-state index contributed by atoms with van der Waals surface area (Å²) in [4.78, 5) is 22.2. The number of rotatable bonds is 3. The molecule has 0 radical (unpaired) electrons. The predicted octanol–water partition coefficient (Wildman–Crippen LogP) is 3.95. The number of carbonyl (C=O) groups excluding carboxylic acids is 1. The van der Waals surface area contributed by atoms with E-state index >= 15 is 0 Å². The van der Waals surface area contributed by atoms with Crippen molar-refractivity contribution in [2.75, 3.05) is 5.32 Å². The van der Waals surface area contributed by atoms with Crippen molar-refractivity contribution in [1.82, 2.24) is 0 Å². The summed E-state index contributed by atoms with van der Waals surface area (Å²) >= 11 is 5.88. The van der Waals surface area contributed by atoms with Gasteiger partial charge in [-0.2, -0.15) is 0 Å². The number of hydrogen-bond acceptors (Lipinski definition) is 3. The van der Waals surface area contributed by atoms with Gasteiger partial charge in [-0.3, -0.25) is 14.9 Å². The van der Waals surface area contributed by atoms with Crippen molar-refractivity contribution in [1.29, 1.82) is 0 Å². The maximum absolute atomic E-state index is 13.4. The van der Waals surface area contributed by atoms with Crippen molar-refractivity contribution >= 4 is 28.9 Å². The monoisotopic (exact) mass is 308 g/mol. The van der Waals surface area contributed by atoms with Crippen molar-refractivity contribution in [2.24, 2.45) is 0 Å². The lowest BCUT2D eigenvalue weighted by molar-refractivity contribution is -0.384. The largest absolute Gasteiger partial charge is 0.322 e. The summed E-state index contributed by atoms with van der Waals surface area (Å²) in [5, 5.41) is 13.3. The number of amides is 1. The second-order valence-corrected chi connectivity index (χ2v) is 4.69. The molecule has 0 aromatic heterocycles. The molecule has 1 amide bonds. The fraction of sp³-hybridized carbons (Fsp3) is 0.0714. The first kappa shape index (κ1) is 14.9. The fourth-order valence-corrected chi connectivity index (χ4v) is 1.94. The number of non-ortho nitro benzene ring substituents is 1. The van der Waals surface area contributed by atoms with Crippen molar-refractivity contribution in [3.05, 3.63) is 68.5 Å². The summed E-state index contributed by atoms with van der Waals surface area (Å²) < 4.78 is 13.4. The minimum atomic E-state index is -0.641. The number of nitro benzene ring substituents is 1. The average molecular weight is 309 g/mol. The van der Waals surface area contributed by atoms with Gasteiger partial charge in [0, 0.05) is 23.4 Å². The highest BCUT2D eigenvalue weighted by Gasteiger charge is 2.17. The van der Waals surface area contributed by atoms with Gasteiger partial charge < -0.3 is 5.32 Å². The van der Waals surface area contributed by atoms with Crippen LogP contribution < -0.4 is 5.32 Å². The Hall–Kier alpha value is -2.47. The van der Waals surface area contributed by atoms with Gasteiger partial charge in [0.05, 0.1) is 15.5 Å². The molecule has 5 nitrogen and oxygen atoms in total. The first-order valence-corrected chi connectivity index (χ1v) is 6.28. The van der Waals surface area contributed by atoms with Crippen molar-refractivity contribution in [2.45, 2.75) is 6.92 Å². The van der Waals surface area contributed by atoms with E-state index in [1.807, 2.05) is 0 Å². The highest BCUT2D eigenvalue weighted by molar-refractivity contribution is 6.34. The molecule has 1 N–H and O–H groups in total. The Morgan fingerprint density at radius 2 is 2.05 bits per heavy atom. The van der Waals surface area contributed by atoms with Crippen LogP contribution in [0.1, 0.15) is 15.9 Å². The number of anilines is 1. The number of nitrogens with one attached hydrogen (secondary N) is 1. The molecule has 0 spiro atoms. The first-order valence-electron chi connectivity index (χ1n) is 5.90. The van der Waals surface area contributed by atoms with Crippen LogP contribution in [0.4, 0.5) is 15.8 Å². The predicted molar refractivity (Wildman–Crippen MR) is 77.2 cm³/mol. The van der Waals surface area contributed by atoms with Gasteiger partial charge in [-0.1, -0.05) is 17.7 Å². The van der Waals surface area contributed by atoms with Gasteiger partial charge in [-0.05, 0) is 25.1 Å². The molecule has 2 aromatic rings. The molecule has 2 aromatic carbocycles. The summed E-state index contributed by atoms with van der Waals surface area (Å²) in [5.41, 5.74) is 0.255. The van der Waals surface area contributed by atoms with Crippen LogP contribution in [0.5, 0.6) is 0 Å². The summed E-state index contributed by atoms with van der Waals surface area (Å²) in [5.74, 6) is -1.10. The van der Waals surface area contributed by atoms with Crippen molar-refractivity contribution in [3.8, 4) is 0 Å². The van der Waals surface area contributed by atoms with Crippen LogP contribution in [0.25, 0.3) is 0 Å². The van der Waals surface area contributed by atoms with Gasteiger partial charge in [-0.25, -0.2) is 4.39 Å². The molecule has 0 heterocycles. The van der Waals surface area contributed by atoms with E-state index in [1.54, 1.807) is 0 Å². The molecule has 0 saturated carbocycles. The molecule has 7 heteroatoms. The van der Waals surface area contributed by atoms with Crippen LogP contribution in [0.2, 0.25) is 5.02 Å². The van der Waals surface area contributed by atoms with Gasteiger partial charge in [0.2, 0.25) is 0 Å². The Labute approximate surface area is 124 Å². The number of halogens is 2. The number of nitrogens with zero attached hydrogens (tertiary/aromatic N) is 1. The Bertz CT molecular complexity index is 734. The third kappa shape index (κ3) is 3.17. The van der Waals surface area contributed by atoms with Gasteiger partial charge in [0.15, 0.2) is 0 Å². The maximum Gasteiger partial charge on any atom is 0.270 e. The van der Waals surface area contributed by atoms with E-state index in [2.05, 4.69) is 5.32 Å². The molecule has 0 aliphatic heterocycles. The van der Waals surface area contributed by atoms with Gasteiger partial charge in [0.1, 0.15) is 5.82 Å². The molecule has 0 atom stereocenters. The number of hydrogen-bond donors (Lipinski definition) is 1. The zero-order valence-electron chi connectivity index (χ0n) is 10.9. The fourth-order valence-electron chi connectivity index (χ4n) is 1.73. The Morgan fingerprint density at radius 1 is 1.33 bits per heavy atom. The number of benzene rings is 2. The second kappa shape index (κ2) is 5.88. The van der Waals surface area contributed by atoms with Crippen LogP contribution in [0.3, 0.4) is 0 Å². The molecule has 0 bridgehead atoms. The first-order chi connectivity index (χ1) is 9.90. The zero-order chi connectivity index (χ0) is 15.6. The van der Waals surface area contributed by atoms with Gasteiger partial charge >= 0.3 is 0 Å². The highest BCUT2D eigenvalue weighted by Crippen LogP contribution is 2.24. The van der Waals surface area contributed by atoms with E-state index in [4.69, 9.17) is 11.6 Å². The molecular weight excluding hydrogens is 299 g/mol. The van der Waals surface area contributed by atoms with Crippen LogP contribution >= 0.6 is 11.6 Å². The quantitative estimate of drug-likeness (QED) is 0.689. The molecular formula is C14H10ClFN2O3. The van der Waals surface area contributed by atoms with Gasteiger partial charge in [0.25, 0.3) is 11.6 Å². The smallest absolute Gasteiger partial charge is 0.270 e. The summed E-state index contributed by atoms with van der Waals surface area (Å²) in [6.45, 7) is 1.51. The Morgan fingerprint density at radius 3 is 2.71 bits per heavy atom. The Kier molecular flexibility index (Phi) is 4.18. The average Bonchev–Trinajstić information content (AvgIpc) is 2.44. The third-order valence-electron chi connectivity index (χ3n) is 2.92. The molecule has 2 rings (SSSR count). The lowest BCUT2D eigenvalue weighted by Gasteiger charge is -2.09. The topological polar surface area (TPSA) is 72.2 Å². The Balaban J connectivity index is 2.34. The molecule has 0 aliphatic carbocycles.